The van der Waals surface area contributed by atoms with E-state index >= 15 is 0 Å². The van der Waals surface area contributed by atoms with E-state index in [1.807, 2.05) is 0 Å². The summed E-state index contributed by atoms with van der Waals surface area (Å²) in [4.78, 5) is 12.2. The van der Waals surface area contributed by atoms with Crippen LogP contribution in [0.5, 0.6) is 5.75 Å². The van der Waals surface area contributed by atoms with Crippen LogP contribution in [0.2, 0.25) is 5.02 Å². The highest BCUT2D eigenvalue weighted by Gasteiger charge is 2.20. The summed E-state index contributed by atoms with van der Waals surface area (Å²) in [5.74, 6) is -0.530. The predicted octanol–water partition coefficient (Wildman–Crippen LogP) is 4.89. The Morgan fingerprint density at radius 3 is 2.75 bits per heavy atom. The summed E-state index contributed by atoms with van der Waals surface area (Å²) < 4.78 is 19.8. The maximum atomic E-state index is 13.7. The van der Waals surface area contributed by atoms with E-state index in [2.05, 4.69) is 15.9 Å². The molecule has 0 aliphatic rings. The maximum Gasteiger partial charge on any atom is 0.205 e. The average molecular weight is 358 g/mol. The highest BCUT2D eigenvalue weighted by Crippen LogP contribution is 2.21. The second kappa shape index (κ2) is 6.37. The number of ether oxygens (including phenoxy) is 1. The topological polar surface area (TPSA) is 26.3 Å². The highest BCUT2D eigenvalue weighted by molar-refractivity contribution is 9.10. The Morgan fingerprint density at radius 1 is 1.30 bits per heavy atom. The second-order valence-corrected chi connectivity index (χ2v) is 5.56. The van der Waals surface area contributed by atoms with Crippen molar-refractivity contribution in [1.29, 1.82) is 0 Å². The van der Waals surface area contributed by atoms with Crippen LogP contribution < -0.4 is 4.74 Å². The molecule has 5 heteroatoms. The molecule has 0 aliphatic carbocycles. The zero-order valence-corrected chi connectivity index (χ0v) is 12.9. The van der Waals surface area contributed by atoms with E-state index in [0.717, 1.165) is 0 Å². The van der Waals surface area contributed by atoms with Crippen LogP contribution in [0.4, 0.5) is 4.39 Å². The molecule has 0 fully saturated rings. The molecular formula is C15H11BrClFO2. The van der Waals surface area contributed by atoms with Gasteiger partial charge in [-0.15, -0.1) is 0 Å². The molecule has 2 aromatic carbocycles. The number of hydrogen-bond donors (Lipinski definition) is 0. The summed E-state index contributed by atoms with van der Waals surface area (Å²) in [5, 5.41) is 0.510. The Balaban J connectivity index is 2.18. The molecule has 2 rings (SSSR count). The van der Waals surface area contributed by atoms with Crippen molar-refractivity contribution >= 4 is 33.3 Å². The maximum absolute atomic E-state index is 13.7. The molecule has 0 spiro atoms. The molecule has 2 aromatic rings. The van der Waals surface area contributed by atoms with Gasteiger partial charge < -0.3 is 4.74 Å². The van der Waals surface area contributed by atoms with Gasteiger partial charge in [-0.1, -0.05) is 33.6 Å². The van der Waals surface area contributed by atoms with Crippen molar-refractivity contribution in [3.05, 3.63) is 63.3 Å². The third-order valence-electron chi connectivity index (χ3n) is 2.67. The Morgan fingerprint density at radius 2 is 2.05 bits per heavy atom. The molecule has 104 valence electrons. The van der Waals surface area contributed by atoms with Crippen LogP contribution in [0.3, 0.4) is 0 Å². The average Bonchev–Trinajstić information content (AvgIpc) is 2.40. The fourth-order valence-electron chi connectivity index (χ4n) is 1.70. The Bertz CT molecular complexity index is 646. The number of hydrogen-bond acceptors (Lipinski definition) is 2. The second-order valence-electron chi connectivity index (χ2n) is 4.21. The van der Waals surface area contributed by atoms with E-state index in [1.54, 1.807) is 31.2 Å². The summed E-state index contributed by atoms with van der Waals surface area (Å²) in [6.45, 7) is 1.57. The lowest BCUT2D eigenvalue weighted by Crippen LogP contribution is -2.24. The summed E-state index contributed by atoms with van der Waals surface area (Å²) in [5.41, 5.74) is -0.00565. The molecule has 0 aliphatic heterocycles. The van der Waals surface area contributed by atoms with Crippen molar-refractivity contribution in [2.45, 2.75) is 13.0 Å². The normalized spacial score (nSPS) is 12.0. The Kier molecular flexibility index (Phi) is 4.78. The molecule has 0 aromatic heterocycles. The summed E-state index contributed by atoms with van der Waals surface area (Å²) in [6, 6.07) is 10.9. The minimum Gasteiger partial charge on any atom is -0.483 e. The van der Waals surface area contributed by atoms with E-state index < -0.39 is 17.7 Å². The minimum absolute atomic E-state index is 0.00565. The number of carbonyl (C=O) groups is 1. The van der Waals surface area contributed by atoms with E-state index in [9.17, 15) is 9.18 Å². The van der Waals surface area contributed by atoms with Gasteiger partial charge in [0.1, 0.15) is 11.6 Å². The Hall–Kier alpha value is -1.39. The first-order valence-corrected chi connectivity index (χ1v) is 7.06. The third kappa shape index (κ3) is 3.58. The van der Waals surface area contributed by atoms with Crippen LogP contribution in [0.25, 0.3) is 0 Å². The molecule has 1 atom stereocenters. The molecule has 0 bridgehead atoms. The predicted molar refractivity (Wildman–Crippen MR) is 80.0 cm³/mol. The van der Waals surface area contributed by atoms with E-state index in [-0.39, 0.29) is 5.56 Å². The summed E-state index contributed by atoms with van der Waals surface area (Å²) >= 11 is 9.05. The van der Waals surface area contributed by atoms with E-state index in [0.29, 0.717) is 15.2 Å². The lowest BCUT2D eigenvalue weighted by molar-refractivity contribution is 0.0813. The van der Waals surface area contributed by atoms with Crippen LogP contribution in [0, 0.1) is 5.82 Å². The van der Waals surface area contributed by atoms with Crippen LogP contribution in [-0.2, 0) is 0 Å². The first-order chi connectivity index (χ1) is 9.47. The van der Waals surface area contributed by atoms with Gasteiger partial charge in [-0.2, -0.15) is 0 Å². The van der Waals surface area contributed by atoms with Gasteiger partial charge in [-0.3, -0.25) is 4.79 Å². The van der Waals surface area contributed by atoms with Crippen LogP contribution >= 0.6 is 27.5 Å². The largest absolute Gasteiger partial charge is 0.483 e. The van der Waals surface area contributed by atoms with E-state index in [4.69, 9.17) is 16.3 Å². The molecule has 0 radical (unpaired) electrons. The van der Waals surface area contributed by atoms with E-state index in [1.165, 1.54) is 18.2 Å². The van der Waals surface area contributed by atoms with Gasteiger partial charge in [0.05, 0.1) is 5.56 Å². The highest BCUT2D eigenvalue weighted by atomic mass is 79.9. The van der Waals surface area contributed by atoms with Gasteiger partial charge in [0.15, 0.2) is 6.10 Å². The summed E-state index contributed by atoms with van der Waals surface area (Å²) in [6.07, 6.45) is -0.808. The number of ketones is 1. The lowest BCUT2D eigenvalue weighted by atomic mass is 10.1. The molecule has 1 unspecified atom stereocenters. The van der Waals surface area contributed by atoms with Crippen LogP contribution in [0.1, 0.15) is 17.3 Å². The standard InChI is InChI=1S/C15H11BrClFO2/c1-9(20-12-4-2-3-11(17)8-12)15(19)13-7-10(16)5-6-14(13)18/h2-9H,1H3. The van der Waals surface area contributed by atoms with Gasteiger partial charge in [0.2, 0.25) is 5.78 Å². The fourth-order valence-corrected chi connectivity index (χ4v) is 2.24. The van der Waals surface area contributed by atoms with Gasteiger partial charge >= 0.3 is 0 Å². The number of benzene rings is 2. The monoisotopic (exact) mass is 356 g/mol. The van der Waals surface area contributed by atoms with Gasteiger partial charge in [0.25, 0.3) is 0 Å². The smallest absolute Gasteiger partial charge is 0.205 e. The number of Topliss-reactive ketones (excluding diaryl/α,β-unsaturated/α-hetero) is 1. The van der Waals surface area contributed by atoms with Gasteiger partial charge in [-0.25, -0.2) is 4.39 Å². The quantitative estimate of drug-likeness (QED) is 0.728. The molecule has 0 saturated carbocycles. The van der Waals surface area contributed by atoms with Gasteiger partial charge in [-0.05, 0) is 43.3 Å². The van der Waals surface area contributed by atoms with Crippen molar-refractivity contribution in [2.24, 2.45) is 0 Å². The zero-order valence-electron chi connectivity index (χ0n) is 10.6. The van der Waals surface area contributed by atoms with Crippen molar-refractivity contribution in [3.8, 4) is 5.75 Å². The van der Waals surface area contributed by atoms with Crippen molar-refractivity contribution in [2.75, 3.05) is 0 Å². The number of halogens is 3. The molecule has 0 N–H and O–H groups in total. The van der Waals surface area contributed by atoms with Crippen molar-refractivity contribution < 1.29 is 13.9 Å². The first-order valence-electron chi connectivity index (χ1n) is 5.89. The van der Waals surface area contributed by atoms with Gasteiger partial charge in [0, 0.05) is 9.50 Å². The molecule has 2 nitrogen and oxygen atoms in total. The zero-order chi connectivity index (χ0) is 14.7. The third-order valence-corrected chi connectivity index (χ3v) is 3.40. The van der Waals surface area contributed by atoms with Crippen LogP contribution in [0.15, 0.2) is 46.9 Å². The molecule has 0 amide bonds. The molecule has 20 heavy (non-hydrogen) atoms. The molecule has 0 heterocycles. The molecule has 0 saturated heterocycles. The van der Waals surface area contributed by atoms with Crippen molar-refractivity contribution in [1.82, 2.24) is 0 Å². The Labute approximate surface area is 129 Å². The molecular weight excluding hydrogens is 347 g/mol. The minimum atomic E-state index is -0.808. The van der Waals surface area contributed by atoms with Crippen molar-refractivity contribution in [3.63, 3.8) is 0 Å². The van der Waals surface area contributed by atoms with Crippen LogP contribution in [-0.4, -0.2) is 11.9 Å². The number of rotatable bonds is 4. The number of carbonyl (C=O) groups excluding carboxylic acids is 1. The summed E-state index contributed by atoms with van der Waals surface area (Å²) in [7, 11) is 0. The lowest BCUT2D eigenvalue weighted by Gasteiger charge is -2.14. The first kappa shape index (κ1) is 15.0. The fraction of sp³-hybridized carbons (Fsp3) is 0.133. The SMILES string of the molecule is CC(Oc1cccc(Cl)c1)C(=O)c1cc(Br)ccc1F.